The lowest BCUT2D eigenvalue weighted by molar-refractivity contribution is -0.0164. The zero-order valence-corrected chi connectivity index (χ0v) is 11.2. The molecule has 0 radical (unpaired) electrons. The highest BCUT2D eigenvalue weighted by atomic mass is 16.2. The van der Waals surface area contributed by atoms with Crippen molar-refractivity contribution in [1.82, 2.24) is 13.9 Å². The summed E-state index contributed by atoms with van der Waals surface area (Å²) < 4.78 is 4.89. The van der Waals surface area contributed by atoms with Crippen molar-refractivity contribution in [2.75, 3.05) is 0 Å². The Balaban J connectivity index is 1.76. The summed E-state index contributed by atoms with van der Waals surface area (Å²) in [4.78, 5) is 24.5. The second-order valence-corrected chi connectivity index (χ2v) is 7.01. The molecule has 4 atom stereocenters. The van der Waals surface area contributed by atoms with Gasteiger partial charge in [-0.2, -0.15) is 0 Å². The maximum absolute atomic E-state index is 12.3. The average Bonchev–Trinajstić information content (AvgIpc) is 3.09. The molecule has 102 valence electrons. The van der Waals surface area contributed by atoms with Gasteiger partial charge in [0.25, 0.3) is 0 Å². The molecule has 4 aliphatic carbocycles. The monoisotopic (exact) mass is 261 g/mol. The molecule has 5 heteroatoms. The third-order valence-corrected chi connectivity index (χ3v) is 6.55. The summed E-state index contributed by atoms with van der Waals surface area (Å²) in [6.45, 7) is 0. The summed E-state index contributed by atoms with van der Waals surface area (Å²) in [5, 5.41) is 0. The zero-order valence-electron chi connectivity index (χ0n) is 11.2. The highest BCUT2D eigenvalue weighted by Gasteiger charge is 2.60. The first-order valence-electron chi connectivity index (χ1n) is 7.58. The van der Waals surface area contributed by atoms with Crippen molar-refractivity contribution in [3.63, 3.8) is 0 Å². The first-order chi connectivity index (χ1) is 9.18. The molecule has 1 aromatic rings. The third kappa shape index (κ3) is 0.986. The molecule has 4 bridgehead atoms. The van der Waals surface area contributed by atoms with Crippen LogP contribution < -0.4 is 11.4 Å². The van der Waals surface area contributed by atoms with E-state index in [0.717, 1.165) is 18.3 Å². The summed E-state index contributed by atoms with van der Waals surface area (Å²) in [5.74, 6) is 2.97. The van der Waals surface area contributed by atoms with Crippen LogP contribution >= 0.6 is 0 Å². The van der Waals surface area contributed by atoms with Crippen molar-refractivity contribution in [3.05, 3.63) is 21.0 Å². The molecule has 1 aromatic heterocycles. The Hall–Kier alpha value is -1.26. The number of hydrogen-bond donors (Lipinski definition) is 0. The van der Waals surface area contributed by atoms with Gasteiger partial charge in [0.05, 0.1) is 12.1 Å². The lowest BCUT2D eigenvalue weighted by Crippen LogP contribution is -2.48. The minimum Gasteiger partial charge on any atom is -0.246 e. The van der Waals surface area contributed by atoms with Crippen molar-refractivity contribution in [1.29, 1.82) is 0 Å². The van der Waals surface area contributed by atoms with Crippen LogP contribution in [0.15, 0.2) is 9.59 Å². The van der Waals surface area contributed by atoms with Gasteiger partial charge in [-0.3, -0.25) is 0 Å². The molecule has 0 unspecified atom stereocenters. The van der Waals surface area contributed by atoms with Gasteiger partial charge in [0.15, 0.2) is 0 Å². The quantitative estimate of drug-likeness (QED) is 0.696. The molecule has 0 saturated heterocycles. The van der Waals surface area contributed by atoms with Gasteiger partial charge < -0.3 is 0 Å². The normalized spacial score (nSPS) is 45.5. The van der Waals surface area contributed by atoms with Gasteiger partial charge in [0.1, 0.15) is 0 Å². The Morgan fingerprint density at radius 2 is 1.26 bits per heavy atom. The fourth-order valence-corrected chi connectivity index (χ4v) is 5.95. The molecular formula is C14H19N3O2. The standard InChI is InChI=1S/C14H19N3O2/c1-15-13(18)16-9-6-10(17(16)14(15)19)12-8-3-2-7(4-5-8)11(9)12/h7-12H,2-6H2,1H3/t7?,8?,9-,10-,11-,12-/m1/s1. The lowest BCUT2D eigenvalue weighted by atomic mass is 9.58. The van der Waals surface area contributed by atoms with Gasteiger partial charge in [0, 0.05) is 7.05 Å². The molecule has 0 spiro atoms. The number of fused-ring (bicyclic) bond motifs is 7. The van der Waals surface area contributed by atoms with E-state index in [1.165, 1.54) is 30.3 Å². The summed E-state index contributed by atoms with van der Waals surface area (Å²) in [7, 11) is 1.61. The highest BCUT2D eigenvalue weighted by Crippen LogP contribution is 2.64. The molecule has 4 fully saturated rings. The Bertz CT molecular complexity index is 618. The SMILES string of the molecule is Cn1c(=O)n2n(c1=O)[C@@H]1C[C@@H]2[C@H]2C3CCC(CC3)[C@@H]21. The Morgan fingerprint density at radius 1 is 0.842 bits per heavy atom. The second kappa shape index (κ2) is 3.07. The van der Waals surface area contributed by atoms with Crippen molar-refractivity contribution in [2.45, 2.75) is 44.2 Å². The number of rotatable bonds is 0. The lowest BCUT2D eigenvalue weighted by Gasteiger charge is -2.50. The fourth-order valence-electron chi connectivity index (χ4n) is 5.95. The van der Waals surface area contributed by atoms with Gasteiger partial charge in [0.2, 0.25) is 0 Å². The van der Waals surface area contributed by atoms with E-state index < -0.39 is 0 Å². The van der Waals surface area contributed by atoms with Crippen LogP contribution in [0, 0.1) is 23.7 Å². The Morgan fingerprint density at radius 3 is 1.68 bits per heavy atom. The minimum atomic E-state index is -0.0996. The van der Waals surface area contributed by atoms with Crippen LogP contribution in [0.4, 0.5) is 0 Å². The van der Waals surface area contributed by atoms with Crippen LogP contribution in [0.5, 0.6) is 0 Å². The molecule has 6 rings (SSSR count). The fraction of sp³-hybridized carbons (Fsp3) is 0.857. The molecule has 5 nitrogen and oxygen atoms in total. The van der Waals surface area contributed by atoms with Gasteiger partial charge in [-0.15, -0.1) is 0 Å². The molecule has 0 aromatic carbocycles. The van der Waals surface area contributed by atoms with E-state index in [4.69, 9.17) is 0 Å². The summed E-state index contributed by atoms with van der Waals surface area (Å²) in [6, 6.07) is 0.619. The molecule has 4 saturated carbocycles. The van der Waals surface area contributed by atoms with Crippen LogP contribution in [-0.2, 0) is 7.05 Å². The summed E-state index contributed by atoms with van der Waals surface area (Å²) in [5.41, 5.74) is -0.199. The van der Waals surface area contributed by atoms with Gasteiger partial charge in [-0.25, -0.2) is 23.5 Å². The number of nitrogens with zero attached hydrogens (tertiary/aromatic N) is 3. The molecule has 19 heavy (non-hydrogen) atoms. The van der Waals surface area contributed by atoms with Crippen LogP contribution in [0.2, 0.25) is 0 Å². The van der Waals surface area contributed by atoms with E-state index in [1.807, 2.05) is 0 Å². The Labute approximate surface area is 110 Å². The van der Waals surface area contributed by atoms with Crippen LogP contribution in [0.3, 0.4) is 0 Å². The smallest absolute Gasteiger partial charge is 0.246 e. The van der Waals surface area contributed by atoms with Crippen LogP contribution in [-0.4, -0.2) is 13.9 Å². The predicted molar refractivity (Wildman–Crippen MR) is 69.1 cm³/mol. The van der Waals surface area contributed by atoms with Gasteiger partial charge in [-0.1, -0.05) is 0 Å². The van der Waals surface area contributed by atoms with E-state index in [-0.39, 0.29) is 11.4 Å². The third-order valence-electron chi connectivity index (χ3n) is 6.55. The van der Waals surface area contributed by atoms with E-state index in [9.17, 15) is 9.59 Å². The minimum absolute atomic E-state index is 0.0996. The molecular weight excluding hydrogens is 242 g/mol. The maximum Gasteiger partial charge on any atom is 0.347 e. The molecule has 0 N–H and O–H groups in total. The first kappa shape index (κ1) is 10.5. The highest BCUT2D eigenvalue weighted by molar-refractivity contribution is 5.10. The van der Waals surface area contributed by atoms with Crippen molar-refractivity contribution >= 4 is 0 Å². The van der Waals surface area contributed by atoms with Crippen molar-refractivity contribution in [3.8, 4) is 0 Å². The zero-order chi connectivity index (χ0) is 12.9. The second-order valence-electron chi connectivity index (χ2n) is 7.01. The predicted octanol–water partition coefficient (Wildman–Crippen LogP) is 0.900. The van der Waals surface area contributed by atoms with Crippen molar-refractivity contribution < 1.29 is 0 Å². The van der Waals surface area contributed by atoms with E-state index in [1.54, 1.807) is 16.4 Å². The van der Waals surface area contributed by atoms with Crippen molar-refractivity contribution in [2.24, 2.45) is 30.7 Å². The largest absolute Gasteiger partial charge is 0.347 e. The molecule has 5 aliphatic rings. The van der Waals surface area contributed by atoms with Gasteiger partial charge >= 0.3 is 11.4 Å². The average molecular weight is 261 g/mol. The maximum atomic E-state index is 12.3. The summed E-state index contributed by atoms with van der Waals surface area (Å²) >= 11 is 0. The molecule has 2 heterocycles. The van der Waals surface area contributed by atoms with Gasteiger partial charge in [-0.05, 0) is 55.8 Å². The number of hydrogen-bond acceptors (Lipinski definition) is 2. The van der Waals surface area contributed by atoms with E-state index in [0.29, 0.717) is 23.9 Å². The topological polar surface area (TPSA) is 48.9 Å². The first-order valence-corrected chi connectivity index (χ1v) is 7.58. The summed E-state index contributed by atoms with van der Waals surface area (Å²) in [6.07, 6.45) is 6.43. The molecule has 1 aliphatic heterocycles. The Kier molecular flexibility index (Phi) is 1.70. The van der Waals surface area contributed by atoms with Crippen LogP contribution in [0.1, 0.15) is 44.2 Å². The van der Waals surface area contributed by atoms with E-state index >= 15 is 0 Å². The van der Waals surface area contributed by atoms with E-state index in [2.05, 4.69) is 0 Å². The molecule has 0 amide bonds. The van der Waals surface area contributed by atoms with Crippen LogP contribution in [0.25, 0.3) is 0 Å². The number of aromatic nitrogens is 3.